The number of nitrogens with two attached hydrogens (primary N) is 1. The predicted molar refractivity (Wildman–Crippen MR) is 172 cm³/mol. The van der Waals surface area contributed by atoms with E-state index in [0.29, 0.717) is 37.3 Å². The van der Waals surface area contributed by atoms with Gasteiger partial charge in [0, 0.05) is 41.6 Å². The minimum absolute atomic E-state index is 0.00339. The lowest BCUT2D eigenvalue weighted by atomic mass is 9.63. The van der Waals surface area contributed by atoms with Gasteiger partial charge in [0.25, 0.3) is 0 Å². The Morgan fingerprint density at radius 1 is 1.02 bits per heavy atom. The van der Waals surface area contributed by atoms with Crippen LogP contribution in [0.15, 0.2) is 66.9 Å². The second kappa shape index (κ2) is 12.6. The van der Waals surface area contributed by atoms with Crippen molar-refractivity contribution >= 4 is 17.5 Å². The van der Waals surface area contributed by atoms with Crippen molar-refractivity contribution in [1.82, 2.24) is 9.88 Å². The van der Waals surface area contributed by atoms with Crippen molar-refractivity contribution in [2.45, 2.75) is 102 Å². The number of anilines is 1. The van der Waals surface area contributed by atoms with Crippen LogP contribution in [-0.2, 0) is 15.1 Å². The number of pyridine rings is 1. The summed E-state index contributed by atoms with van der Waals surface area (Å²) in [5, 5.41) is 13.3. The van der Waals surface area contributed by atoms with Gasteiger partial charge in [0.05, 0.1) is 23.2 Å². The van der Waals surface area contributed by atoms with E-state index < -0.39 is 11.1 Å². The third kappa shape index (κ3) is 7.00. The van der Waals surface area contributed by atoms with Gasteiger partial charge < -0.3 is 21.1 Å². The standard InChI is InChI=1S/C36H46N4O3/c1-5-33(42)40(24(2)3)30-17-11-25(12-18-30)19-32(41)39-29-20-31(26-9-7-6-8-10-26)34(38-21-29)27-13-15-28(16-14-27)36(37)22-35(4,43)23-36/h6-10,13-16,20-21,24-25,30,43H,5,11-12,17-19,22-23,37H2,1-4H3,(H,39,41). The molecule has 2 saturated carbocycles. The second-order valence-corrected chi connectivity index (χ2v) is 13.2. The molecule has 43 heavy (non-hydrogen) atoms. The molecule has 228 valence electrons. The predicted octanol–water partition coefficient (Wildman–Crippen LogP) is 6.65. The molecule has 0 atom stereocenters. The zero-order valence-corrected chi connectivity index (χ0v) is 26.0. The minimum Gasteiger partial charge on any atom is -0.390 e. The molecule has 2 aliphatic carbocycles. The van der Waals surface area contributed by atoms with Gasteiger partial charge in [-0.1, -0.05) is 61.5 Å². The molecule has 0 unspecified atom stereocenters. The fraction of sp³-hybridized carbons (Fsp3) is 0.472. The zero-order chi connectivity index (χ0) is 30.8. The molecule has 0 radical (unpaired) electrons. The van der Waals surface area contributed by atoms with Crippen molar-refractivity contribution in [1.29, 1.82) is 0 Å². The molecule has 1 aromatic heterocycles. The van der Waals surface area contributed by atoms with Gasteiger partial charge in [-0.25, -0.2) is 0 Å². The smallest absolute Gasteiger partial charge is 0.224 e. The normalized spacial score (nSPS) is 25.2. The number of carbonyl (C=O) groups is 2. The maximum atomic E-state index is 13.1. The lowest BCUT2D eigenvalue weighted by molar-refractivity contribution is -0.136. The van der Waals surface area contributed by atoms with E-state index in [1.807, 2.05) is 79.4 Å². The van der Waals surface area contributed by atoms with E-state index in [1.165, 1.54) is 0 Å². The monoisotopic (exact) mass is 582 g/mol. The number of rotatable bonds is 9. The summed E-state index contributed by atoms with van der Waals surface area (Å²) in [5.74, 6) is 0.524. The maximum absolute atomic E-state index is 13.1. The van der Waals surface area contributed by atoms with Gasteiger partial charge in [-0.3, -0.25) is 14.6 Å². The number of aliphatic hydroxyl groups is 1. The fourth-order valence-electron chi connectivity index (χ4n) is 7.27. The Kier molecular flexibility index (Phi) is 9.04. The third-order valence-corrected chi connectivity index (χ3v) is 9.21. The molecule has 0 spiro atoms. The first-order valence-corrected chi connectivity index (χ1v) is 15.8. The zero-order valence-electron chi connectivity index (χ0n) is 26.0. The van der Waals surface area contributed by atoms with Gasteiger partial charge in [-0.15, -0.1) is 0 Å². The van der Waals surface area contributed by atoms with Crippen LogP contribution >= 0.6 is 0 Å². The fourth-order valence-corrected chi connectivity index (χ4v) is 7.27. The van der Waals surface area contributed by atoms with Gasteiger partial charge >= 0.3 is 0 Å². The number of benzene rings is 2. The first-order chi connectivity index (χ1) is 20.5. The molecule has 7 nitrogen and oxygen atoms in total. The molecule has 2 aliphatic rings. The summed E-state index contributed by atoms with van der Waals surface area (Å²) in [6, 6.07) is 20.7. The number of nitrogens with one attached hydrogen (secondary N) is 1. The molecule has 4 N–H and O–H groups in total. The summed E-state index contributed by atoms with van der Waals surface area (Å²) >= 11 is 0. The molecular weight excluding hydrogens is 536 g/mol. The summed E-state index contributed by atoms with van der Waals surface area (Å²) < 4.78 is 0. The molecule has 2 amide bonds. The second-order valence-electron chi connectivity index (χ2n) is 13.2. The average molecular weight is 583 g/mol. The van der Waals surface area contributed by atoms with Crippen molar-refractivity contribution in [3.8, 4) is 22.4 Å². The van der Waals surface area contributed by atoms with Crippen molar-refractivity contribution in [2.24, 2.45) is 11.7 Å². The highest BCUT2D eigenvalue weighted by molar-refractivity contribution is 5.93. The Hall–Kier alpha value is -3.55. The first-order valence-electron chi connectivity index (χ1n) is 15.8. The Morgan fingerprint density at radius 2 is 1.67 bits per heavy atom. The lowest BCUT2D eigenvalue weighted by Gasteiger charge is -2.49. The van der Waals surface area contributed by atoms with Crippen molar-refractivity contribution < 1.29 is 14.7 Å². The number of hydrogen-bond acceptors (Lipinski definition) is 5. The van der Waals surface area contributed by atoms with Crippen molar-refractivity contribution in [3.63, 3.8) is 0 Å². The van der Waals surface area contributed by atoms with E-state index in [2.05, 4.69) is 19.2 Å². The summed E-state index contributed by atoms with van der Waals surface area (Å²) in [5.41, 5.74) is 10.8. The van der Waals surface area contributed by atoms with Crippen LogP contribution in [0.1, 0.15) is 84.6 Å². The summed E-state index contributed by atoms with van der Waals surface area (Å²) in [6.45, 7) is 7.92. The molecule has 0 saturated heterocycles. The average Bonchev–Trinajstić information content (AvgIpc) is 2.97. The van der Waals surface area contributed by atoms with Crippen LogP contribution in [0.2, 0.25) is 0 Å². The molecule has 0 aliphatic heterocycles. The van der Waals surface area contributed by atoms with Gasteiger partial charge in [-0.2, -0.15) is 0 Å². The summed E-state index contributed by atoms with van der Waals surface area (Å²) in [6.07, 6.45) is 7.59. The molecule has 2 aromatic carbocycles. The van der Waals surface area contributed by atoms with Crippen molar-refractivity contribution in [3.05, 3.63) is 72.4 Å². The van der Waals surface area contributed by atoms with E-state index in [4.69, 9.17) is 10.7 Å². The number of aromatic nitrogens is 1. The Balaban J connectivity index is 1.27. The Bertz CT molecular complexity index is 1420. The highest BCUT2D eigenvalue weighted by Crippen LogP contribution is 2.46. The van der Waals surface area contributed by atoms with Gasteiger partial charge in [-0.05, 0) is 82.4 Å². The molecule has 5 rings (SSSR count). The SMILES string of the molecule is CCC(=O)N(C(C)C)C1CCC(CC(=O)Nc2cnc(-c3ccc(C4(N)CC(C)(O)C4)cc3)c(-c3ccccc3)c2)CC1. The minimum atomic E-state index is -0.709. The molecule has 3 aromatic rings. The number of amides is 2. The number of carbonyl (C=O) groups excluding carboxylic acids is 2. The van der Waals surface area contributed by atoms with Crippen LogP contribution in [0.25, 0.3) is 22.4 Å². The topological polar surface area (TPSA) is 109 Å². The molecule has 1 heterocycles. The number of hydrogen-bond donors (Lipinski definition) is 3. The Labute approximate surface area is 255 Å². The van der Waals surface area contributed by atoms with Crippen molar-refractivity contribution in [2.75, 3.05) is 5.32 Å². The van der Waals surface area contributed by atoms with Gasteiger partial charge in [0.2, 0.25) is 11.8 Å². The molecule has 0 bridgehead atoms. The van der Waals surface area contributed by atoms with E-state index in [9.17, 15) is 14.7 Å². The van der Waals surface area contributed by atoms with E-state index in [0.717, 1.165) is 53.6 Å². The largest absolute Gasteiger partial charge is 0.390 e. The van der Waals surface area contributed by atoms with Crippen LogP contribution in [0, 0.1) is 5.92 Å². The highest BCUT2D eigenvalue weighted by Gasteiger charge is 2.49. The molecular formula is C36H46N4O3. The maximum Gasteiger partial charge on any atom is 0.224 e. The van der Waals surface area contributed by atoms with Crippen LogP contribution in [0.4, 0.5) is 5.69 Å². The van der Waals surface area contributed by atoms with Crippen LogP contribution in [-0.4, -0.2) is 44.5 Å². The number of nitrogens with zero attached hydrogens (tertiary/aromatic N) is 2. The Morgan fingerprint density at radius 3 is 2.26 bits per heavy atom. The lowest BCUT2D eigenvalue weighted by Crippen LogP contribution is -2.58. The van der Waals surface area contributed by atoms with Crippen LogP contribution in [0.5, 0.6) is 0 Å². The summed E-state index contributed by atoms with van der Waals surface area (Å²) in [4.78, 5) is 32.5. The molecule has 7 heteroatoms. The third-order valence-electron chi connectivity index (χ3n) is 9.21. The highest BCUT2D eigenvalue weighted by atomic mass is 16.3. The van der Waals surface area contributed by atoms with E-state index >= 15 is 0 Å². The first kappa shape index (κ1) is 30.9. The molecule has 2 fully saturated rings. The quantitative estimate of drug-likeness (QED) is 0.262. The van der Waals surface area contributed by atoms with Crippen LogP contribution in [0.3, 0.4) is 0 Å². The van der Waals surface area contributed by atoms with Gasteiger partial charge in [0.1, 0.15) is 0 Å². The van der Waals surface area contributed by atoms with Gasteiger partial charge in [0.15, 0.2) is 0 Å². The van der Waals surface area contributed by atoms with E-state index in [-0.39, 0.29) is 23.9 Å². The summed E-state index contributed by atoms with van der Waals surface area (Å²) in [7, 11) is 0. The van der Waals surface area contributed by atoms with E-state index in [1.54, 1.807) is 6.20 Å². The van der Waals surface area contributed by atoms with Crippen LogP contribution < -0.4 is 11.1 Å².